The van der Waals surface area contributed by atoms with Crippen molar-refractivity contribution in [3.05, 3.63) is 47.8 Å². The molecule has 25 heavy (non-hydrogen) atoms. The molecule has 0 radical (unpaired) electrons. The Hall–Kier alpha value is -2.18. The SMILES string of the molecule is Cc1cc2nc(N3CCNCC3COc3cccnc3)sc2cc1C. The van der Waals surface area contributed by atoms with Crippen molar-refractivity contribution >= 4 is 26.7 Å². The number of piperazine rings is 1. The minimum atomic E-state index is 0.261. The number of hydrogen-bond acceptors (Lipinski definition) is 6. The van der Waals surface area contributed by atoms with Crippen LogP contribution in [-0.2, 0) is 0 Å². The Balaban J connectivity index is 1.56. The molecule has 1 saturated heterocycles. The van der Waals surface area contributed by atoms with Gasteiger partial charge in [0.05, 0.1) is 22.5 Å². The summed E-state index contributed by atoms with van der Waals surface area (Å²) >= 11 is 1.77. The van der Waals surface area contributed by atoms with E-state index in [4.69, 9.17) is 9.72 Å². The second-order valence-electron chi connectivity index (χ2n) is 6.45. The van der Waals surface area contributed by atoms with Crippen molar-refractivity contribution < 1.29 is 4.74 Å². The van der Waals surface area contributed by atoms with Gasteiger partial charge in [0.1, 0.15) is 12.4 Å². The molecule has 4 rings (SSSR count). The zero-order valence-electron chi connectivity index (χ0n) is 14.5. The zero-order chi connectivity index (χ0) is 17.2. The van der Waals surface area contributed by atoms with Crippen LogP contribution in [0.5, 0.6) is 5.75 Å². The molecule has 5 nitrogen and oxygen atoms in total. The van der Waals surface area contributed by atoms with Crippen LogP contribution in [0.2, 0.25) is 0 Å². The average Bonchev–Trinajstić information content (AvgIpc) is 3.04. The summed E-state index contributed by atoms with van der Waals surface area (Å²) in [6, 6.07) is 8.53. The van der Waals surface area contributed by atoms with Crippen LogP contribution in [0.3, 0.4) is 0 Å². The summed E-state index contributed by atoms with van der Waals surface area (Å²) in [5.41, 5.74) is 3.70. The van der Waals surface area contributed by atoms with Crippen molar-refractivity contribution in [2.75, 3.05) is 31.1 Å². The van der Waals surface area contributed by atoms with Gasteiger partial charge in [-0.05, 0) is 49.2 Å². The van der Waals surface area contributed by atoms with E-state index in [9.17, 15) is 0 Å². The van der Waals surface area contributed by atoms with Gasteiger partial charge in [0.25, 0.3) is 0 Å². The Morgan fingerprint density at radius 2 is 2.20 bits per heavy atom. The molecule has 0 aliphatic carbocycles. The number of ether oxygens (including phenoxy) is 1. The molecule has 0 spiro atoms. The van der Waals surface area contributed by atoms with E-state index in [-0.39, 0.29) is 6.04 Å². The van der Waals surface area contributed by atoms with Crippen molar-refractivity contribution in [2.24, 2.45) is 0 Å². The molecule has 1 unspecified atom stereocenters. The maximum atomic E-state index is 5.94. The Kier molecular flexibility index (Phi) is 4.55. The highest BCUT2D eigenvalue weighted by molar-refractivity contribution is 7.22. The first kappa shape index (κ1) is 16.3. The average molecular weight is 354 g/mol. The third-order valence-electron chi connectivity index (χ3n) is 4.67. The van der Waals surface area contributed by atoms with Crippen LogP contribution in [0.4, 0.5) is 5.13 Å². The largest absolute Gasteiger partial charge is 0.490 e. The molecular formula is C19H22N4OS. The molecule has 1 atom stereocenters. The van der Waals surface area contributed by atoms with Gasteiger partial charge in [-0.3, -0.25) is 4.98 Å². The number of fused-ring (bicyclic) bond motifs is 1. The molecule has 1 aliphatic rings. The maximum absolute atomic E-state index is 5.94. The fourth-order valence-electron chi connectivity index (χ4n) is 3.08. The standard InChI is InChI=1S/C19H22N4OS/c1-13-8-17-18(9-14(13)2)25-19(22-17)23-7-6-21-10-15(23)12-24-16-4-3-5-20-11-16/h3-5,8-9,11,15,21H,6-7,10,12H2,1-2H3. The topological polar surface area (TPSA) is 50.3 Å². The molecule has 0 saturated carbocycles. The third-order valence-corrected chi connectivity index (χ3v) is 5.72. The second-order valence-corrected chi connectivity index (χ2v) is 7.46. The Morgan fingerprint density at radius 1 is 1.32 bits per heavy atom. The van der Waals surface area contributed by atoms with Gasteiger partial charge in [-0.25, -0.2) is 4.98 Å². The smallest absolute Gasteiger partial charge is 0.186 e. The van der Waals surface area contributed by atoms with E-state index in [2.05, 4.69) is 41.2 Å². The molecule has 1 aliphatic heterocycles. The number of benzene rings is 1. The van der Waals surface area contributed by atoms with E-state index in [1.165, 1.54) is 15.8 Å². The quantitative estimate of drug-likeness (QED) is 0.780. The van der Waals surface area contributed by atoms with Crippen molar-refractivity contribution in [1.29, 1.82) is 0 Å². The monoisotopic (exact) mass is 354 g/mol. The van der Waals surface area contributed by atoms with Crippen LogP contribution < -0.4 is 15.0 Å². The van der Waals surface area contributed by atoms with Gasteiger partial charge in [0.2, 0.25) is 0 Å². The molecule has 1 N–H and O–H groups in total. The van der Waals surface area contributed by atoms with Crippen molar-refractivity contribution in [3.8, 4) is 5.75 Å². The lowest BCUT2D eigenvalue weighted by Crippen LogP contribution is -2.54. The van der Waals surface area contributed by atoms with Crippen molar-refractivity contribution in [3.63, 3.8) is 0 Å². The summed E-state index contributed by atoms with van der Waals surface area (Å²) in [7, 11) is 0. The summed E-state index contributed by atoms with van der Waals surface area (Å²) in [6.07, 6.45) is 3.51. The minimum absolute atomic E-state index is 0.261. The fraction of sp³-hybridized carbons (Fsp3) is 0.368. The minimum Gasteiger partial charge on any atom is -0.490 e. The van der Waals surface area contributed by atoms with Crippen LogP contribution in [-0.4, -0.2) is 42.3 Å². The van der Waals surface area contributed by atoms with Gasteiger partial charge >= 0.3 is 0 Å². The number of anilines is 1. The van der Waals surface area contributed by atoms with E-state index >= 15 is 0 Å². The number of thiazole rings is 1. The van der Waals surface area contributed by atoms with Gasteiger partial charge < -0.3 is 15.0 Å². The van der Waals surface area contributed by atoms with Crippen LogP contribution in [0.25, 0.3) is 10.2 Å². The maximum Gasteiger partial charge on any atom is 0.186 e. The molecule has 3 heterocycles. The second kappa shape index (κ2) is 6.98. The Morgan fingerprint density at radius 3 is 3.04 bits per heavy atom. The summed E-state index contributed by atoms with van der Waals surface area (Å²) in [5.74, 6) is 0.809. The first-order chi connectivity index (χ1) is 12.2. The predicted molar refractivity (Wildman–Crippen MR) is 103 cm³/mol. The number of nitrogens with one attached hydrogen (secondary N) is 1. The van der Waals surface area contributed by atoms with Gasteiger partial charge in [-0.2, -0.15) is 0 Å². The van der Waals surface area contributed by atoms with Gasteiger partial charge in [-0.1, -0.05) is 11.3 Å². The Labute approximate surface area is 151 Å². The highest BCUT2D eigenvalue weighted by atomic mass is 32.1. The van der Waals surface area contributed by atoms with E-state index < -0.39 is 0 Å². The molecular weight excluding hydrogens is 332 g/mol. The molecule has 0 bridgehead atoms. The van der Waals surface area contributed by atoms with Gasteiger partial charge in [0.15, 0.2) is 5.13 Å². The van der Waals surface area contributed by atoms with Crippen molar-refractivity contribution in [1.82, 2.24) is 15.3 Å². The molecule has 6 heteroatoms. The van der Waals surface area contributed by atoms with Crippen LogP contribution in [0.1, 0.15) is 11.1 Å². The summed E-state index contributed by atoms with van der Waals surface area (Å²) in [4.78, 5) is 11.4. The highest BCUT2D eigenvalue weighted by Gasteiger charge is 2.25. The lowest BCUT2D eigenvalue weighted by atomic mass is 10.1. The summed E-state index contributed by atoms with van der Waals surface area (Å²) in [6.45, 7) is 7.73. The normalized spacial score (nSPS) is 17.8. The van der Waals surface area contributed by atoms with Crippen molar-refractivity contribution in [2.45, 2.75) is 19.9 Å². The number of pyridine rings is 1. The van der Waals surface area contributed by atoms with Gasteiger partial charge in [0, 0.05) is 25.8 Å². The van der Waals surface area contributed by atoms with E-state index in [1.807, 2.05) is 12.1 Å². The molecule has 1 aromatic carbocycles. The fourth-order valence-corrected chi connectivity index (χ4v) is 4.22. The van der Waals surface area contributed by atoms with E-state index in [0.29, 0.717) is 6.61 Å². The van der Waals surface area contributed by atoms with Crippen LogP contribution >= 0.6 is 11.3 Å². The van der Waals surface area contributed by atoms with Gasteiger partial charge in [-0.15, -0.1) is 0 Å². The highest BCUT2D eigenvalue weighted by Crippen LogP contribution is 2.32. The molecule has 3 aromatic rings. The van der Waals surface area contributed by atoms with Crippen LogP contribution in [0, 0.1) is 13.8 Å². The van der Waals surface area contributed by atoms with E-state index in [0.717, 1.165) is 36.0 Å². The third kappa shape index (κ3) is 3.45. The molecule has 1 fully saturated rings. The van der Waals surface area contributed by atoms with E-state index in [1.54, 1.807) is 23.7 Å². The Bertz CT molecular complexity index is 825. The number of aryl methyl sites for hydroxylation is 2. The first-order valence-corrected chi connectivity index (χ1v) is 9.40. The molecule has 0 amide bonds. The summed E-state index contributed by atoms with van der Waals surface area (Å²) < 4.78 is 7.20. The lowest BCUT2D eigenvalue weighted by Gasteiger charge is -2.35. The molecule has 2 aromatic heterocycles. The van der Waals surface area contributed by atoms with Crippen LogP contribution in [0.15, 0.2) is 36.7 Å². The summed E-state index contributed by atoms with van der Waals surface area (Å²) in [5, 5.41) is 4.55. The lowest BCUT2D eigenvalue weighted by molar-refractivity contribution is 0.266. The zero-order valence-corrected chi connectivity index (χ0v) is 15.3. The predicted octanol–water partition coefficient (Wildman–Crippen LogP) is 3.17. The first-order valence-electron chi connectivity index (χ1n) is 8.59. The molecule has 130 valence electrons. The number of nitrogens with zero attached hydrogens (tertiary/aromatic N) is 3. The number of aromatic nitrogens is 2. The number of hydrogen-bond donors (Lipinski definition) is 1. The number of rotatable bonds is 4.